The van der Waals surface area contributed by atoms with Crippen LogP contribution in [0.1, 0.15) is 28.4 Å². The number of carbonyl (C=O) groups is 2. The highest BCUT2D eigenvalue weighted by molar-refractivity contribution is 7.99. The number of nitrogens with zero attached hydrogens (tertiary/aromatic N) is 2. The number of rotatable bonds is 5. The van der Waals surface area contributed by atoms with Gasteiger partial charge in [-0.2, -0.15) is 0 Å². The fourth-order valence-corrected chi connectivity index (χ4v) is 3.12. The van der Waals surface area contributed by atoms with E-state index in [1.165, 1.54) is 27.8 Å². The summed E-state index contributed by atoms with van der Waals surface area (Å²) in [6.07, 6.45) is 0.788. The van der Waals surface area contributed by atoms with Crippen molar-refractivity contribution in [2.45, 2.75) is 36.8 Å². The first-order valence-corrected chi connectivity index (χ1v) is 8.73. The Labute approximate surface area is 152 Å². The van der Waals surface area contributed by atoms with Crippen molar-refractivity contribution in [2.75, 3.05) is 14.1 Å². The number of hydrogen-bond acceptors (Lipinski definition) is 5. The van der Waals surface area contributed by atoms with Crippen LogP contribution in [0.25, 0.3) is 0 Å². The van der Waals surface area contributed by atoms with Crippen molar-refractivity contribution in [2.24, 2.45) is 0 Å². The Bertz CT molecular complexity index is 790. The number of carbonyl (C=O) groups excluding carboxylic acids is 2. The molecule has 132 valence electrons. The lowest BCUT2D eigenvalue weighted by atomic mass is 10.1. The third-order valence-electron chi connectivity index (χ3n) is 3.76. The van der Waals surface area contributed by atoms with Crippen LogP contribution in [0.15, 0.2) is 46.5 Å². The highest BCUT2D eigenvalue weighted by Crippen LogP contribution is 2.30. The van der Waals surface area contributed by atoms with Gasteiger partial charge in [0.1, 0.15) is 5.03 Å². The Morgan fingerprint density at radius 1 is 1.16 bits per heavy atom. The first-order chi connectivity index (χ1) is 11.8. The van der Waals surface area contributed by atoms with Gasteiger partial charge in [-0.05, 0) is 56.2 Å². The lowest BCUT2D eigenvalue weighted by Gasteiger charge is -2.17. The van der Waals surface area contributed by atoms with Crippen LogP contribution < -0.4 is 0 Å². The van der Waals surface area contributed by atoms with Crippen LogP contribution in [-0.4, -0.2) is 42.0 Å². The number of amides is 1. The van der Waals surface area contributed by atoms with E-state index in [2.05, 4.69) is 18.0 Å². The van der Waals surface area contributed by atoms with Crippen molar-refractivity contribution in [1.82, 2.24) is 9.88 Å². The standard InChI is InChI=1S/C19H22N2O3S/c1-12-8-9-15(11-13(12)2)25-17-16(7-6-10-20-17)19(23)24-14(3)18(22)21(4)5/h6-11,14H,1-5H3/t14-/m0/s1. The molecule has 0 aliphatic heterocycles. The van der Waals surface area contributed by atoms with Crippen molar-refractivity contribution in [3.8, 4) is 0 Å². The van der Waals surface area contributed by atoms with Crippen molar-refractivity contribution in [3.63, 3.8) is 0 Å². The first kappa shape index (κ1) is 19.0. The molecule has 0 aliphatic rings. The Balaban J connectivity index is 2.21. The summed E-state index contributed by atoms with van der Waals surface area (Å²) < 4.78 is 5.30. The molecule has 0 aliphatic carbocycles. The minimum absolute atomic E-state index is 0.263. The second-order valence-electron chi connectivity index (χ2n) is 5.98. The summed E-state index contributed by atoms with van der Waals surface area (Å²) in [7, 11) is 3.25. The molecule has 1 heterocycles. The highest BCUT2D eigenvalue weighted by Gasteiger charge is 2.22. The number of ether oxygens (including phenoxy) is 1. The molecule has 0 saturated carbocycles. The fraction of sp³-hybridized carbons (Fsp3) is 0.316. The van der Waals surface area contributed by atoms with E-state index in [9.17, 15) is 9.59 Å². The third kappa shape index (κ3) is 4.82. The maximum absolute atomic E-state index is 12.5. The van der Waals surface area contributed by atoms with Gasteiger partial charge in [-0.3, -0.25) is 4.79 Å². The zero-order valence-electron chi connectivity index (χ0n) is 15.1. The molecule has 0 unspecified atom stereocenters. The van der Waals surface area contributed by atoms with Gasteiger partial charge >= 0.3 is 5.97 Å². The van der Waals surface area contributed by atoms with Gasteiger partial charge in [-0.15, -0.1) is 0 Å². The van der Waals surface area contributed by atoms with Gasteiger partial charge in [0, 0.05) is 25.2 Å². The molecule has 1 atom stereocenters. The second-order valence-corrected chi connectivity index (χ2v) is 7.05. The largest absolute Gasteiger partial charge is 0.449 e. The molecule has 0 bridgehead atoms. The second kappa shape index (κ2) is 8.16. The molecule has 5 nitrogen and oxygen atoms in total. The topological polar surface area (TPSA) is 59.5 Å². The van der Waals surface area contributed by atoms with E-state index >= 15 is 0 Å². The van der Waals surface area contributed by atoms with Gasteiger partial charge < -0.3 is 9.64 Å². The number of aryl methyl sites for hydroxylation is 2. The molecule has 0 N–H and O–H groups in total. The Hall–Kier alpha value is -2.34. The van der Waals surface area contributed by atoms with Crippen LogP contribution in [-0.2, 0) is 9.53 Å². The summed E-state index contributed by atoms with van der Waals surface area (Å²) in [6.45, 7) is 5.66. The Morgan fingerprint density at radius 3 is 2.52 bits per heavy atom. The first-order valence-electron chi connectivity index (χ1n) is 7.92. The normalized spacial score (nSPS) is 11.7. The molecule has 0 fully saturated rings. The summed E-state index contributed by atoms with van der Waals surface area (Å²) in [4.78, 5) is 31.0. The van der Waals surface area contributed by atoms with Crippen LogP contribution in [0, 0.1) is 13.8 Å². The van der Waals surface area contributed by atoms with E-state index in [0.717, 1.165) is 4.90 Å². The van der Waals surface area contributed by atoms with Gasteiger partial charge in [0.25, 0.3) is 5.91 Å². The lowest BCUT2D eigenvalue weighted by molar-refractivity contribution is -0.137. The zero-order chi connectivity index (χ0) is 18.6. The van der Waals surface area contributed by atoms with E-state index in [1.54, 1.807) is 39.3 Å². The third-order valence-corrected chi connectivity index (χ3v) is 4.76. The molecule has 6 heteroatoms. The quantitative estimate of drug-likeness (QED) is 0.766. The average molecular weight is 358 g/mol. The summed E-state index contributed by atoms with van der Waals surface area (Å²) >= 11 is 1.40. The number of aromatic nitrogens is 1. The van der Waals surface area contributed by atoms with E-state index in [0.29, 0.717) is 10.6 Å². The van der Waals surface area contributed by atoms with E-state index < -0.39 is 12.1 Å². The molecule has 2 aromatic rings. The molecule has 0 saturated heterocycles. The van der Waals surface area contributed by atoms with E-state index in [-0.39, 0.29) is 5.91 Å². The summed E-state index contributed by atoms with van der Waals surface area (Å²) in [5.74, 6) is -0.817. The van der Waals surface area contributed by atoms with Gasteiger partial charge in [0.2, 0.25) is 0 Å². The molecule has 1 aromatic carbocycles. The lowest BCUT2D eigenvalue weighted by Crippen LogP contribution is -2.35. The molecular formula is C19H22N2O3S. The van der Waals surface area contributed by atoms with Gasteiger partial charge in [0.05, 0.1) is 5.56 Å². The minimum Gasteiger partial charge on any atom is -0.449 e. The fourth-order valence-electron chi connectivity index (χ4n) is 2.15. The molecule has 0 spiro atoms. The van der Waals surface area contributed by atoms with E-state index in [4.69, 9.17) is 4.74 Å². The molecule has 1 aromatic heterocycles. The van der Waals surface area contributed by atoms with Gasteiger partial charge in [-0.25, -0.2) is 9.78 Å². The molecule has 1 amide bonds. The highest BCUT2D eigenvalue weighted by atomic mass is 32.2. The van der Waals surface area contributed by atoms with Crippen LogP contribution in [0.4, 0.5) is 0 Å². The maximum Gasteiger partial charge on any atom is 0.341 e. The monoisotopic (exact) mass is 358 g/mol. The molecule has 2 rings (SSSR count). The summed E-state index contributed by atoms with van der Waals surface area (Å²) in [5, 5.41) is 0.556. The van der Waals surface area contributed by atoms with Crippen molar-refractivity contribution in [1.29, 1.82) is 0 Å². The van der Waals surface area contributed by atoms with Crippen LogP contribution in [0.5, 0.6) is 0 Å². The minimum atomic E-state index is -0.845. The predicted molar refractivity (Wildman–Crippen MR) is 97.8 cm³/mol. The number of esters is 1. The number of benzene rings is 1. The smallest absolute Gasteiger partial charge is 0.341 e. The van der Waals surface area contributed by atoms with Crippen LogP contribution in [0.3, 0.4) is 0 Å². The van der Waals surface area contributed by atoms with Crippen LogP contribution >= 0.6 is 11.8 Å². The van der Waals surface area contributed by atoms with Gasteiger partial charge in [-0.1, -0.05) is 17.8 Å². The zero-order valence-corrected chi connectivity index (χ0v) is 15.9. The van der Waals surface area contributed by atoms with Crippen molar-refractivity contribution in [3.05, 3.63) is 53.2 Å². The summed E-state index contributed by atoms with van der Waals surface area (Å²) in [6, 6.07) is 9.43. The molecule has 0 radical (unpaired) electrons. The predicted octanol–water partition coefficient (Wildman–Crippen LogP) is 3.48. The SMILES string of the molecule is Cc1ccc(Sc2ncccc2C(=O)O[C@@H](C)C(=O)N(C)C)cc1C. The Kier molecular flexibility index (Phi) is 6.20. The maximum atomic E-state index is 12.5. The summed E-state index contributed by atoms with van der Waals surface area (Å²) in [5.41, 5.74) is 2.74. The average Bonchev–Trinajstić information content (AvgIpc) is 2.57. The number of hydrogen-bond donors (Lipinski definition) is 0. The van der Waals surface area contributed by atoms with Crippen LogP contribution in [0.2, 0.25) is 0 Å². The molecular weight excluding hydrogens is 336 g/mol. The number of pyridine rings is 1. The van der Waals surface area contributed by atoms with Crippen molar-refractivity contribution >= 4 is 23.6 Å². The van der Waals surface area contributed by atoms with Crippen molar-refractivity contribution < 1.29 is 14.3 Å². The Morgan fingerprint density at radius 2 is 1.88 bits per heavy atom. The molecule has 25 heavy (non-hydrogen) atoms. The number of likely N-dealkylation sites (N-methyl/N-ethyl adjacent to an activating group) is 1. The van der Waals surface area contributed by atoms with E-state index in [1.807, 2.05) is 19.1 Å². The van der Waals surface area contributed by atoms with Gasteiger partial charge in [0.15, 0.2) is 6.10 Å².